The highest BCUT2D eigenvalue weighted by Crippen LogP contribution is 2.28. The monoisotopic (exact) mass is 345 g/mol. The largest absolute Gasteiger partial charge is 0.573 e. The molecule has 0 radical (unpaired) electrons. The lowest BCUT2D eigenvalue weighted by molar-refractivity contribution is -0.274. The topological polar surface area (TPSA) is 48.4 Å². The molecule has 0 fully saturated rings. The van der Waals surface area contributed by atoms with Crippen molar-refractivity contribution in [3.05, 3.63) is 35.3 Å². The molecule has 0 atom stereocenters. The minimum Gasteiger partial charge on any atom is -0.461 e. The average molecular weight is 345 g/mol. The third-order valence-corrected chi connectivity index (χ3v) is 3.49. The summed E-state index contributed by atoms with van der Waals surface area (Å²) in [6, 6.07) is 5.29. The number of hydrogen-bond acceptors (Lipinski definition) is 5. The maximum Gasteiger partial charge on any atom is 0.573 e. The van der Waals surface area contributed by atoms with Gasteiger partial charge in [-0.05, 0) is 30.2 Å². The van der Waals surface area contributed by atoms with Crippen molar-refractivity contribution in [2.24, 2.45) is 5.92 Å². The summed E-state index contributed by atoms with van der Waals surface area (Å²) in [6.07, 6.45) is -4.73. The highest BCUT2D eigenvalue weighted by Gasteiger charge is 2.31. The van der Waals surface area contributed by atoms with E-state index in [1.165, 1.54) is 35.6 Å². The number of ether oxygens (including phenoxy) is 2. The number of halogens is 3. The van der Waals surface area contributed by atoms with Gasteiger partial charge < -0.3 is 9.47 Å². The summed E-state index contributed by atoms with van der Waals surface area (Å²) < 4.78 is 45.2. The van der Waals surface area contributed by atoms with Gasteiger partial charge in [0.1, 0.15) is 10.8 Å². The van der Waals surface area contributed by atoms with E-state index < -0.39 is 12.3 Å². The summed E-state index contributed by atoms with van der Waals surface area (Å²) in [5.74, 6) is -0.606. The van der Waals surface area contributed by atoms with E-state index in [1.54, 1.807) is 5.38 Å². The number of benzene rings is 1. The van der Waals surface area contributed by atoms with Gasteiger partial charge in [0, 0.05) is 10.9 Å². The van der Waals surface area contributed by atoms with Crippen LogP contribution in [0.5, 0.6) is 5.75 Å². The fourth-order valence-corrected chi connectivity index (χ4v) is 2.41. The van der Waals surface area contributed by atoms with Gasteiger partial charge in [0.2, 0.25) is 0 Å². The standard InChI is InChI=1S/C15H14F3NO3S/c1-9(2)7-21-14(20)12-8-23-13(19-12)10-3-5-11(6-4-10)22-15(16,17)18/h3-6,8-9H,7H2,1-2H3. The normalized spacial score (nSPS) is 11.6. The number of carbonyl (C=O) groups is 1. The van der Waals surface area contributed by atoms with Crippen molar-refractivity contribution >= 4 is 17.3 Å². The third kappa shape index (κ3) is 5.24. The molecule has 23 heavy (non-hydrogen) atoms. The van der Waals surface area contributed by atoms with E-state index in [0.29, 0.717) is 17.2 Å². The maximum atomic E-state index is 12.1. The van der Waals surface area contributed by atoms with Gasteiger partial charge in [-0.15, -0.1) is 24.5 Å². The summed E-state index contributed by atoms with van der Waals surface area (Å²) in [4.78, 5) is 15.9. The Morgan fingerprint density at radius 2 is 1.91 bits per heavy atom. The molecule has 124 valence electrons. The van der Waals surface area contributed by atoms with E-state index in [1.807, 2.05) is 13.8 Å². The highest BCUT2D eigenvalue weighted by molar-refractivity contribution is 7.13. The van der Waals surface area contributed by atoms with Crippen LogP contribution >= 0.6 is 11.3 Å². The van der Waals surface area contributed by atoms with Crippen LogP contribution < -0.4 is 4.74 Å². The van der Waals surface area contributed by atoms with Gasteiger partial charge in [-0.3, -0.25) is 0 Å². The molecule has 0 spiro atoms. The molecule has 4 nitrogen and oxygen atoms in total. The van der Waals surface area contributed by atoms with Gasteiger partial charge in [-0.1, -0.05) is 13.8 Å². The Bertz CT molecular complexity index is 665. The summed E-state index contributed by atoms with van der Waals surface area (Å²) >= 11 is 1.21. The van der Waals surface area contributed by atoms with E-state index in [-0.39, 0.29) is 17.4 Å². The van der Waals surface area contributed by atoms with Crippen LogP contribution in [0.15, 0.2) is 29.6 Å². The molecule has 0 aliphatic heterocycles. The lowest BCUT2D eigenvalue weighted by Gasteiger charge is -2.08. The Labute approximate surface area is 134 Å². The molecule has 0 aliphatic carbocycles. The second-order valence-electron chi connectivity index (χ2n) is 5.10. The van der Waals surface area contributed by atoms with Crippen LogP contribution in [0.25, 0.3) is 10.6 Å². The van der Waals surface area contributed by atoms with Gasteiger partial charge in [-0.25, -0.2) is 9.78 Å². The van der Waals surface area contributed by atoms with Gasteiger partial charge in [0.15, 0.2) is 5.69 Å². The Morgan fingerprint density at radius 1 is 1.26 bits per heavy atom. The molecule has 1 heterocycles. The highest BCUT2D eigenvalue weighted by atomic mass is 32.1. The van der Waals surface area contributed by atoms with E-state index in [0.717, 1.165) is 0 Å². The lowest BCUT2D eigenvalue weighted by Crippen LogP contribution is -2.16. The second kappa shape index (κ2) is 6.99. The maximum absolute atomic E-state index is 12.1. The minimum absolute atomic E-state index is 0.182. The SMILES string of the molecule is CC(C)COC(=O)c1csc(-c2ccc(OC(F)(F)F)cc2)n1. The van der Waals surface area contributed by atoms with Gasteiger partial charge in [-0.2, -0.15) is 0 Å². The van der Waals surface area contributed by atoms with Crippen LogP contribution in [-0.4, -0.2) is 23.9 Å². The average Bonchev–Trinajstić information content (AvgIpc) is 2.93. The molecule has 2 rings (SSSR count). The molecule has 0 bridgehead atoms. The predicted octanol–water partition coefficient (Wildman–Crippen LogP) is 4.52. The summed E-state index contributed by atoms with van der Waals surface area (Å²) in [7, 11) is 0. The van der Waals surface area contributed by atoms with Crippen molar-refractivity contribution in [3.8, 4) is 16.3 Å². The Morgan fingerprint density at radius 3 is 2.48 bits per heavy atom. The molecule has 1 aromatic heterocycles. The third-order valence-electron chi connectivity index (χ3n) is 2.60. The van der Waals surface area contributed by atoms with Crippen molar-refractivity contribution in [3.63, 3.8) is 0 Å². The smallest absolute Gasteiger partial charge is 0.461 e. The molecule has 0 unspecified atom stereocenters. The Hall–Kier alpha value is -2.09. The second-order valence-corrected chi connectivity index (χ2v) is 5.96. The number of carbonyl (C=O) groups excluding carboxylic acids is 1. The predicted molar refractivity (Wildman–Crippen MR) is 79.4 cm³/mol. The van der Waals surface area contributed by atoms with Crippen LogP contribution in [-0.2, 0) is 4.74 Å². The Balaban J connectivity index is 2.07. The van der Waals surface area contributed by atoms with Crippen LogP contribution in [0, 0.1) is 5.92 Å². The number of alkyl halides is 3. The lowest BCUT2D eigenvalue weighted by atomic mass is 10.2. The first-order valence-corrected chi connectivity index (χ1v) is 7.61. The van der Waals surface area contributed by atoms with Crippen LogP contribution in [0.4, 0.5) is 13.2 Å². The zero-order chi connectivity index (χ0) is 17.0. The summed E-state index contributed by atoms with van der Waals surface area (Å²) in [5.41, 5.74) is 0.772. The van der Waals surface area contributed by atoms with E-state index in [2.05, 4.69) is 9.72 Å². The molecular weight excluding hydrogens is 331 g/mol. The van der Waals surface area contributed by atoms with Crippen molar-refractivity contribution in [1.29, 1.82) is 0 Å². The minimum atomic E-state index is -4.73. The van der Waals surface area contributed by atoms with Gasteiger partial charge in [0.25, 0.3) is 0 Å². The number of thiazole rings is 1. The first kappa shape index (κ1) is 17.3. The zero-order valence-corrected chi connectivity index (χ0v) is 13.2. The van der Waals surface area contributed by atoms with Crippen molar-refractivity contribution in [1.82, 2.24) is 4.98 Å². The fraction of sp³-hybridized carbons (Fsp3) is 0.333. The first-order valence-electron chi connectivity index (χ1n) is 6.73. The van der Waals surface area contributed by atoms with Crippen molar-refractivity contribution in [2.45, 2.75) is 20.2 Å². The number of aromatic nitrogens is 1. The number of nitrogens with zero attached hydrogens (tertiary/aromatic N) is 1. The molecule has 8 heteroatoms. The molecular formula is C15H14F3NO3S. The molecule has 0 saturated heterocycles. The molecule has 0 N–H and O–H groups in total. The van der Waals surface area contributed by atoms with Gasteiger partial charge >= 0.3 is 12.3 Å². The molecule has 2 aromatic rings. The first-order chi connectivity index (χ1) is 10.7. The number of esters is 1. The molecule has 1 aromatic carbocycles. The molecule has 0 amide bonds. The zero-order valence-electron chi connectivity index (χ0n) is 12.4. The van der Waals surface area contributed by atoms with E-state index >= 15 is 0 Å². The quantitative estimate of drug-likeness (QED) is 0.748. The van der Waals surface area contributed by atoms with Gasteiger partial charge in [0.05, 0.1) is 6.61 Å². The van der Waals surface area contributed by atoms with Crippen molar-refractivity contribution in [2.75, 3.05) is 6.61 Å². The van der Waals surface area contributed by atoms with Crippen LogP contribution in [0.3, 0.4) is 0 Å². The van der Waals surface area contributed by atoms with E-state index in [4.69, 9.17) is 4.74 Å². The van der Waals surface area contributed by atoms with E-state index in [9.17, 15) is 18.0 Å². The number of hydrogen-bond donors (Lipinski definition) is 0. The number of rotatable bonds is 5. The van der Waals surface area contributed by atoms with Crippen LogP contribution in [0.1, 0.15) is 24.3 Å². The van der Waals surface area contributed by atoms with Crippen LogP contribution in [0.2, 0.25) is 0 Å². The fourth-order valence-electron chi connectivity index (χ4n) is 1.62. The Kier molecular flexibility index (Phi) is 5.25. The summed E-state index contributed by atoms with van der Waals surface area (Å²) in [5, 5.41) is 2.07. The molecule has 0 aliphatic rings. The van der Waals surface area contributed by atoms with Crippen molar-refractivity contribution < 1.29 is 27.4 Å². The molecule has 0 saturated carbocycles. The summed E-state index contributed by atoms with van der Waals surface area (Å²) in [6.45, 7) is 4.14.